The van der Waals surface area contributed by atoms with Gasteiger partial charge in [-0.1, -0.05) is 58.6 Å². The summed E-state index contributed by atoms with van der Waals surface area (Å²) in [6.07, 6.45) is 4.52. The van der Waals surface area contributed by atoms with Crippen molar-refractivity contribution >= 4 is 38.5 Å². The Balaban J connectivity index is 2.05. The van der Waals surface area contributed by atoms with Crippen LogP contribution < -0.4 is 4.90 Å². The number of hydrogen-bond acceptors (Lipinski definition) is 3. The second-order valence-electron chi connectivity index (χ2n) is 7.42. The number of benzene rings is 2. The van der Waals surface area contributed by atoms with Gasteiger partial charge in [0.1, 0.15) is 0 Å². The van der Waals surface area contributed by atoms with Crippen molar-refractivity contribution in [1.29, 1.82) is 0 Å². The lowest BCUT2D eigenvalue weighted by molar-refractivity contribution is 0.0699. The molecule has 144 valence electrons. The molecule has 0 amide bonds. The minimum atomic E-state index is -0.905. The molecule has 1 saturated heterocycles. The molecule has 2 aromatic carbocycles. The number of rotatable bonds is 3. The highest BCUT2D eigenvalue weighted by Crippen LogP contribution is 2.39. The normalized spacial score (nSPS) is 14.9. The summed E-state index contributed by atoms with van der Waals surface area (Å²) in [5.74, 6) is -0.905. The van der Waals surface area contributed by atoms with Crippen molar-refractivity contribution in [3.05, 3.63) is 58.1 Å². The molecule has 5 heteroatoms. The van der Waals surface area contributed by atoms with Gasteiger partial charge in [0.15, 0.2) is 0 Å². The van der Waals surface area contributed by atoms with Crippen LogP contribution in [0.3, 0.4) is 0 Å². The molecule has 28 heavy (non-hydrogen) atoms. The third kappa shape index (κ3) is 3.63. The molecule has 2 heterocycles. The van der Waals surface area contributed by atoms with E-state index in [4.69, 9.17) is 4.98 Å². The van der Waals surface area contributed by atoms with Gasteiger partial charge in [0.05, 0.1) is 22.5 Å². The van der Waals surface area contributed by atoms with Crippen LogP contribution in [0, 0.1) is 6.92 Å². The van der Waals surface area contributed by atoms with E-state index in [-0.39, 0.29) is 0 Å². The molecule has 1 aliphatic rings. The van der Waals surface area contributed by atoms with E-state index in [2.05, 4.69) is 33.0 Å². The van der Waals surface area contributed by atoms with Gasteiger partial charge >= 0.3 is 5.97 Å². The second kappa shape index (κ2) is 7.92. The van der Waals surface area contributed by atoms with E-state index in [0.29, 0.717) is 16.5 Å². The van der Waals surface area contributed by atoms with Gasteiger partial charge in [-0.05, 0) is 38.0 Å². The minimum absolute atomic E-state index is 0.351. The predicted octanol–water partition coefficient (Wildman–Crippen LogP) is 6.05. The van der Waals surface area contributed by atoms with E-state index in [0.717, 1.165) is 47.3 Å². The SMILES string of the molecule is Cc1ccc(-c2nc3ccc(Br)cc3c(C(=O)O)c2N2CCCCCC2)cc1. The third-order valence-corrected chi connectivity index (χ3v) is 5.88. The van der Waals surface area contributed by atoms with E-state index < -0.39 is 5.97 Å². The van der Waals surface area contributed by atoms with Gasteiger partial charge in [0.25, 0.3) is 0 Å². The van der Waals surface area contributed by atoms with Gasteiger partial charge in [-0.15, -0.1) is 0 Å². The fourth-order valence-corrected chi connectivity index (χ4v) is 4.32. The molecule has 3 aromatic rings. The number of fused-ring (bicyclic) bond motifs is 1. The van der Waals surface area contributed by atoms with Crippen molar-refractivity contribution < 1.29 is 9.90 Å². The molecule has 0 unspecified atom stereocenters. The Morgan fingerprint density at radius 1 is 1.04 bits per heavy atom. The van der Waals surface area contributed by atoms with Crippen LogP contribution in [0.5, 0.6) is 0 Å². The second-order valence-corrected chi connectivity index (χ2v) is 8.33. The zero-order chi connectivity index (χ0) is 19.7. The van der Waals surface area contributed by atoms with E-state index >= 15 is 0 Å². The molecule has 1 N–H and O–H groups in total. The lowest BCUT2D eigenvalue weighted by Gasteiger charge is -2.27. The maximum absolute atomic E-state index is 12.4. The summed E-state index contributed by atoms with van der Waals surface area (Å²) in [4.78, 5) is 19.6. The molecule has 4 nitrogen and oxygen atoms in total. The molecule has 0 atom stereocenters. The Labute approximate surface area is 173 Å². The molecule has 0 radical (unpaired) electrons. The highest BCUT2D eigenvalue weighted by molar-refractivity contribution is 9.10. The molecule has 0 aliphatic carbocycles. The maximum Gasteiger partial charge on any atom is 0.338 e. The topological polar surface area (TPSA) is 53.4 Å². The van der Waals surface area contributed by atoms with Crippen molar-refractivity contribution in [1.82, 2.24) is 4.98 Å². The molecule has 0 spiro atoms. The summed E-state index contributed by atoms with van der Waals surface area (Å²) < 4.78 is 0.856. The van der Waals surface area contributed by atoms with Crippen molar-refractivity contribution in [3.8, 4) is 11.3 Å². The smallest absolute Gasteiger partial charge is 0.338 e. The number of anilines is 1. The number of hydrogen-bond donors (Lipinski definition) is 1. The summed E-state index contributed by atoms with van der Waals surface area (Å²) in [5, 5.41) is 10.9. The fraction of sp³-hybridized carbons (Fsp3) is 0.304. The maximum atomic E-state index is 12.4. The van der Waals surface area contributed by atoms with Crippen LogP contribution in [0.1, 0.15) is 41.6 Å². The summed E-state index contributed by atoms with van der Waals surface area (Å²) in [7, 11) is 0. The van der Waals surface area contributed by atoms with Gasteiger partial charge in [-0.3, -0.25) is 0 Å². The standard InChI is InChI=1S/C23H23BrN2O2/c1-15-6-8-16(9-7-15)21-22(26-12-4-2-3-5-13-26)20(23(27)28)18-14-17(24)10-11-19(18)25-21/h6-11,14H,2-5,12-13H2,1H3,(H,27,28). The van der Waals surface area contributed by atoms with Crippen LogP contribution in [0.4, 0.5) is 5.69 Å². The lowest BCUT2D eigenvalue weighted by Crippen LogP contribution is -2.27. The summed E-state index contributed by atoms with van der Waals surface area (Å²) in [6, 6.07) is 13.8. The first-order valence-electron chi connectivity index (χ1n) is 9.73. The Morgan fingerprint density at radius 2 is 1.71 bits per heavy atom. The zero-order valence-electron chi connectivity index (χ0n) is 15.9. The summed E-state index contributed by atoms with van der Waals surface area (Å²) in [6.45, 7) is 3.77. The molecule has 0 saturated carbocycles. The molecule has 4 rings (SSSR count). The van der Waals surface area contributed by atoms with Gasteiger partial charge in [0.2, 0.25) is 0 Å². The van der Waals surface area contributed by atoms with Crippen LogP contribution in [0.2, 0.25) is 0 Å². The van der Waals surface area contributed by atoms with E-state index in [9.17, 15) is 9.90 Å². The molecule has 0 bridgehead atoms. The number of carboxylic acids is 1. The number of aryl methyl sites for hydroxylation is 1. The summed E-state index contributed by atoms with van der Waals surface area (Å²) in [5.41, 5.74) is 4.69. The number of carbonyl (C=O) groups is 1. The monoisotopic (exact) mass is 438 g/mol. The highest BCUT2D eigenvalue weighted by Gasteiger charge is 2.26. The average molecular weight is 439 g/mol. The molecule has 1 aliphatic heterocycles. The average Bonchev–Trinajstić information content (AvgIpc) is 2.96. The van der Waals surface area contributed by atoms with Gasteiger partial charge in [-0.25, -0.2) is 9.78 Å². The van der Waals surface area contributed by atoms with Crippen molar-refractivity contribution in [2.75, 3.05) is 18.0 Å². The number of nitrogens with zero attached hydrogens (tertiary/aromatic N) is 2. The Morgan fingerprint density at radius 3 is 2.36 bits per heavy atom. The van der Waals surface area contributed by atoms with Crippen LogP contribution in [0.15, 0.2) is 46.9 Å². The first-order chi connectivity index (χ1) is 13.5. The number of carboxylic acid groups (broad SMARTS) is 1. The first kappa shape index (κ1) is 18.9. The van der Waals surface area contributed by atoms with Crippen molar-refractivity contribution in [2.45, 2.75) is 32.6 Å². The van der Waals surface area contributed by atoms with E-state index in [1.54, 1.807) is 0 Å². The van der Waals surface area contributed by atoms with E-state index in [1.165, 1.54) is 18.4 Å². The van der Waals surface area contributed by atoms with Gasteiger partial charge in [-0.2, -0.15) is 0 Å². The van der Waals surface area contributed by atoms with Crippen LogP contribution in [-0.2, 0) is 0 Å². The quantitative estimate of drug-likeness (QED) is 0.540. The van der Waals surface area contributed by atoms with Crippen LogP contribution >= 0.6 is 15.9 Å². The largest absolute Gasteiger partial charge is 0.478 e. The molecular formula is C23H23BrN2O2. The van der Waals surface area contributed by atoms with Crippen molar-refractivity contribution in [3.63, 3.8) is 0 Å². The fourth-order valence-electron chi connectivity index (χ4n) is 3.96. The van der Waals surface area contributed by atoms with Gasteiger partial charge in [0, 0.05) is 28.5 Å². The number of aromatic carboxylic acids is 1. The molecule has 1 fully saturated rings. The highest BCUT2D eigenvalue weighted by atomic mass is 79.9. The molecular weight excluding hydrogens is 416 g/mol. The third-order valence-electron chi connectivity index (χ3n) is 5.38. The first-order valence-corrected chi connectivity index (χ1v) is 10.5. The van der Waals surface area contributed by atoms with Crippen LogP contribution in [0.25, 0.3) is 22.2 Å². The van der Waals surface area contributed by atoms with Crippen molar-refractivity contribution in [2.24, 2.45) is 0 Å². The Hall–Kier alpha value is -2.40. The molecule has 1 aromatic heterocycles. The Kier molecular flexibility index (Phi) is 5.36. The number of aromatic nitrogens is 1. The Bertz CT molecular complexity index is 1020. The zero-order valence-corrected chi connectivity index (χ0v) is 17.5. The number of pyridine rings is 1. The minimum Gasteiger partial charge on any atom is -0.478 e. The predicted molar refractivity (Wildman–Crippen MR) is 117 cm³/mol. The summed E-state index contributed by atoms with van der Waals surface area (Å²) >= 11 is 3.49. The van der Waals surface area contributed by atoms with Gasteiger partial charge < -0.3 is 10.0 Å². The number of halogens is 1. The lowest BCUT2D eigenvalue weighted by atomic mass is 9.99. The van der Waals surface area contributed by atoms with Crippen LogP contribution in [-0.4, -0.2) is 29.1 Å². The van der Waals surface area contributed by atoms with E-state index in [1.807, 2.05) is 37.3 Å².